The molecular weight excluding hydrogens is 370 g/mol. The first-order valence-electron chi connectivity index (χ1n) is 8.64. The van der Waals surface area contributed by atoms with E-state index in [9.17, 15) is 4.79 Å². The second-order valence-corrected chi connectivity index (χ2v) is 5.73. The summed E-state index contributed by atoms with van der Waals surface area (Å²) in [5.41, 5.74) is 0. The quantitative estimate of drug-likeness (QED) is 0.215. The number of hydrogen-bond donors (Lipinski definition) is 1. The van der Waals surface area contributed by atoms with Crippen molar-refractivity contribution < 1.29 is 9.90 Å². The molecule has 0 bridgehead atoms. The molecule has 0 unspecified atom stereocenters. The summed E-state index contributed by atoms with van der Waals surface area (Å²) >= 11 is 0. The van der Waals surface area contributed by atoms with E-state index < -0.39 is 5.97 Å². The van der Waals surface area contributed by atoms with Crippen molar-refractivity contribution >= 4 is 30.4 Å². The minimum absolute atomic E-state index is 0. The smallest absolute Gasteiger partial charge is 0.303 e. The summed E-state index contributed by atoms with van der Waals surface area (Å²) in [5.74, 6) is -0.664. The van der Waals surface area contributed by atoms with Gasteiger partial charge in [-0.15, -0.1) is 0 Å². The molecule has 0 rings (SSSR count). The molecule has 21 heavy (non-hydrogen) atoms. The van der Waals surface area contributed by atoms with Crippen LogP contribution in [0.4, 0.5) is 0 Å². The van der Waals surface area contributed by atoms with Gasteiger partial charge in [0, 0.05) is 30.8 Å². The Kier molecular flexibility index (Phi) is 22.2. The molecule has 0 aromatic carbocycles. The van der Waals surface area contributed by atoms with E-state index >= 15 is 0 Å². The third-order valence-corrected chi connectivity index (χ3v) is 3.65. The number of allylic oxidation sites excluding steroid dienone is 2. The fourth-order valence-electron chi connectivity index (χ4n) is 2.35. The van der Waals surface area contributed by atoms with E-state index in [1.54, 1.807) is 0 Å². The molecule has 0 fully saturated rings. The number of carboxylic acids is 1. The van der Waals surface area contributed by atoms with Crippen molar-refractivity contribution in [1.82, 2.24) is 0 Å². The number of hydrogen-bond acceptors (Lipinski definition) is 1. The molecule has 0 saturated heterocycles. The largest absolute Gasteiger partial charge is 0.481 e. The summed E-state index contributed by atoms with van der Waals surface area (Å²) in [5, 5.41) is 8.51. The molecule has 1 N–H and O–H groups in total. The molecule has 0 heterocycles. The fourth-order valence-corrected chi connectivity index (χ4v) is 2.35. The molecule has 0 aliphatic rings. The Morgan fingerprint density at radius 3 is 1.67 bits per heavy atom. The van der Waals surface area contributed by atoms with Gasteiger partial charge in [0.2, 0.25) is 0 Å². The van der Waals surface area contributed by atoms with Crippen LogP contribution in [0.3, 0.4) is 0 Å². The van der Waals surface area contributed by atoms with Crippen molar-refractivity contribution in [3.05, 3.63) is 12.2 Å². The van der Waals surface area contributed by atoms with E-state index in [2.05, 4.69) is 19.1 Å². The van der Waals surface area contributed by atoms with Crippen LogP contribution in [0.25, 0.3) is 0 Å². The molecule has 0 amide bonds. The molecular formula is C18H34O2Sb. The number of rotatable bonds is 15. The second-order valence-electron chi connectivity index (χ2n) is 5.73. The maximum absolute atomic E-state index is 10.3. The number of carboxylic acid groups (broad SMARTS) is 1. The summed E-state index contributed by atoms with van der Waals surface area (Å²) < 4.78 is 0. The summed E-state index contributed by atoms with van der Waals surface area (Å²) in [6, 6.07) is 0. The molecule has 3 heteroatoms. The van der Waals surface area contributed by atoms with E-state index in [1.807, 2.05) is 0 Å². The molecule has 0 spiro atoms. The van der Waals surface area contributed by atoms with Gasteiger partial charge in [-0.25, -0.2) is 0 Å². The van der Waals surface area contributed by atoms with Gasteiger partial charge in [-0.1, -0.05) is 70.4 Å². The van der Waals surface area contributed by atoms with Crippen LogP contribution >= 0.6 is 0 Å². The van der Waals surface area contributed by atoms with E-state index in [0.717, 1.165) is 12.8 Å². The van der Waals surface area contributed by atoms with Gasteiger partial charge >= 0.3 is 5.97 Å². The molecule has 2 nitrogen and oxygen atoms in total. The van der Waals surface area contributed by atoms with E-state index in [0.29, 0.717) is 6.42 Å². The van der Waals surface area contributed by atoms with E-state index in [1.165, 1.54) is 70.6 Å². The first-order chi connectivity index (χ1) is 9.77. The summed E-state index contributed by atoms with van der Waals surface area (Å²) in [6.45, 7) is 2.26. The second kappa shape index (κ2) is 20.0. The zero-order valence-corrected chi connectivity index (χ0v) is 16.4. The summed E-state index contributed by atoms with van der Waals surface area (Å²) in [7, 11) is 0. The Bertz CT molecular complexity index is 239. The van der Waals surface area contributed by atoms with Gasteiger partial charge in [-0.3, -0.25) is 4.79 Å². The molecule has 123 valence electrons. The van der Waals surface area contributed by atoms with Crippen molar-refractivity contribution in [2.45, 2.75) is 96.8 Å². The Morgan fingerprint density at radius 1 is 0.762 bits per heavy atom. The van der Waals surface area contributed by atoms with Crippen molar-refractivity contribution in [2.75, 3.05) is 0 Å². The Morgan fingerprint density at radius 2 is 1.19 bits per heavy atom. The predicted molar refractivity (Wildman–Crippen MR) is 92.8 cm³/mol. The minimum Gasteiger partial charge on any atom is -0.481 e. The van der Waals surface area contributed by atoms with Crippen LogP contribution < -0.4 is 0 Å². The molecule has 0 atom stereocenters. The molecule has 0 aromatic heterocycles. The van der Waals surface area contributed by atoms with Crippen molar-refractivity contribution in [1.29, 1.82) is 0 Å². The Labute approximate surface area is 149 Å². The molecule has 0 aromatic rings. The average Bonchev–Trinajstić information content (AvgIpc) is 2.43. The number of unbranched alkanes of at least 4 members (excludes halogenated alkanes) is 11. The normalized spacial score (nSPS) is 10.7. The maximum atomic E-state index is 10.3. The van der Waals surface area contributed by atoms with Crippen LogP contribution in [0.1, 0.15) is 96.8 Å². The average molecular weight is 404 g/mol. The predicted octanol–water partition coefficient (Wildman–Crippen LogP) is 5.73. The van der Waals surface area contributed by atoms with Gasteiger partial charge in [0.15, 0.2) is 0 Å². The zero-order valence-electron chi connectivity index (χ0n) is 13.9. The van der Waals surface area contributed by atoms with Gasteiger partial charge in [0.25, 0.3) is 0 Å². The molecule has 3 radical (unpaired) electrons. The van der Waals surface area contributed by atoms with Crippen molar-refractivity contribution in [3.63, 3.8) is 0 Å². The number of aliphatic carboxylic acids is 1. The zero-order chi connectivity index (χ0) is 14.9. The van der Waals surface area contributed by atoms with Crippen LogP contribution in [-0.2, 0) is 4.79 Å². The van der Waals surface area contributed by atoms with Crippen LogP contribution in [0, 0.1) is 0 Å². The topological polar surface area (TPSA) is 37.3 Å². The minimum atomic E-state index is -0.664. The molecule has 0 aliphatic heterocycles. The standard InChI is InChI=1S/C18H34O2.Sb/c1-2-3-4-5-6-7-8-9-10-11-12-13-14-15-16-17-18(19)20;/h9-10H,2-8,11-17H2,1H3,(H,19,20);/b10-9-;. The first-order valence-corrected chi connectivity index (χ1v) is 8.64. The maximum Gasteiger partial charge on any atom is 0.303 e. The monoisotopic (exact) mass is 403 g/mol. The van der Waals surface area contributed by atoms with Crippen LogP contribution in [0.5, 0.6) is 0 Å². The van der Waals surface area contributed by atoms with Gasteiger partial charge in [0.05, 0.1) is 0 Å². The van der Waals surface area contributed by atoms with Crippen LogP contribution in [0.2, 0.25) is 0 Å². The Hall–Kier alpha value is 0.0282. The van der Waals surface area contributed by atoms with Gasteiger partial charge in [0.1, 0.15) is 0 Å². The summed E-state index contributed by atoms with van der Waals surface area (Å²) in [6.07, 6.45) is 21.2. The van der Waals surface area contributed by atoms with Crippen molar-refractivity contribution in [2.24, 2.45) is 0 Å². The SMILES string of the molecule is CCCCCCCC/C=C\CCCCCCCC(=O)O.[Sb]. The van der Waals surface area contributed by atoms with Gasteiger partial charge in [-0.2, -0.15) is 0 Å². The molecule has 0 saturated carbocycles. The molecule has 0 aliphatic carbocycles. The van der Waals surface area contributed by atoms with E-state index in [-0.39, 0.29) is 24.4 Å². The van der Waals surface area contributed by atoms with Gasteiger partial charge < -0.3 is 5.11 Å². The van der Waals surface area contributed by atoms with Crippen LogP contribution in [0.15, 0.2) is 12.2 Å². The van der Waals surface area contributed by atoms with E-state index in [4.69, 9.17) is 5.11 Å². The Balaban J connectivity index is 0. The van der Waals surface area contributed by atoms with Gasteiger partial charge in [-0.05, 0) is 32.1 Å². The fraction of sp³-hybridized carbons (Fsp3) is 0.833. The third-order valence-electron chi connectivity index (χ3n) is 3.65. The summed E-state index contributed by atoms with van der Waals surface area (Å²) in [4.78, 5) is 10.3. The van der Waals surface area contributed by atoms with Crippen molar-refractivity contribution in [3.8, 4) is 0 Å². The third kappa shape index (κ3) is 22.4. The van der Waals surface area contributed by atoms with Crippen LogP contribution in [-0.4, -0.2) is 35.5 Å². The number of carbonyl (C=O) groups is 1. The first kappa shape index (κ1) is 23.3.